The Morgan fingerprint density at radius 3 is 1.84 bits per heavy atom. The summed E-state index contributed by atoms with van der Waals surface area (Å²) in [6.45, 7) is 2.82. The molecule has 0 unspecified atom stereocenters. The molecule has 0 bridgehead atoms. The van der Waals surface area contributed by atoms with Crippen LogP contribution >= 0.6 is 0 Å². The molecule has 8 nitrogen and oxygen atoms in total. The van der Waals surface area contributed by atoms with Crippen LogP contribution in [0.2, 0.25) is 0 Å². The van der Waals surface area contributed by atoms with Crippen molar-refractivity contribution in [3.05, 3.63) is 47.5 Å². The van der Waals surface area contributed by atoms with E-state index in [0.29, 0.717) is 6.61 Å². The lowest BCUT2D eigenvalue weighted by molar-refractivity contribution is -0.144. The van der Waals surface area contributed by atoms with Gasteiger partial charge < -0.3 is 28.8 Å². The predicted octanol–water partition coefficient (Wildman–Crippen LogP) is 3.69. The lowest BCUT2D eigenvalue weighted by Gasteiger charge is -2.03. The van der Waals surface area contributed by atoms with Crippen molar-refractivity contribution in [2.24, 2.45) is 11.8 Å². The molecule has 0 aromatic heterocycles. The number of carboxylic acids is 1. The monoisotopic (exact) mass is 440 g/mol. The molecular weight excluding hydrogens is 416 g/mol. The summed E-state index contributed by atoms with van der Waals surface area (Å²) in [5.41, 5.74) is 2.17. The van der Waals surface area contributed by atoms with Gasteiger partial charge in [0.15, 0.2) is 23.0 Å². The molecule has 2 saturated carbocycles. The first-order valence-corrected chi connectivity index (χ1v) is 10.7. The topological polar surface area (TPSA) is 101 Å². The molecule has 2 aliphatic heterocycles. The van der Waals surface area contributed by atoms with Crippen molar-refractivity contribution >= 4 is 11.9 Å². The number of rotatable bonds is 5. The summed E-state index contributed by atoms with van der Waals surface area (Å²) in [6, 6.07) is 11.5. The normalized spacial score (nSPS) is 25.4. The first kappa shape index (κ1) is 20.5. The number of ether oxygens (including phenoxy) is 5. The zero-order valence-electron chi connectivity index (χ0n) is 17.6. The van der Waals surface area contributed by atoms with Crippen LogP contribution in [-0.4, -0.2) is 37.2 Å². The largest absolute Gasteiger partial charge is 0.481 e. The van der Waals surface area contributed by atoms with E-state index in [4.69, 9.17) is 28.8 Å². The van der Waals surface area contributed by atoms with E-state index in [1.54, 1.807) is 0 Å². The third-order valence-corrected chi connectivity index (χ3v) is 6.14. The average molecular weight is 440 g/mol. The molecule has 0 saturated heterocycles. The van der Waals surface area contributed by atoms with Crippen LogP contribution < -0.4 is 18.9 Å². The highest BCUT2D eigenvalue weighted by atomic mass is 16.7. The van der Waals surface area contributed by atoms with E-state index in [0.717, 1.165) is 47.0 Å². The van der Waals surface area contributed by atoms with Crippen molar-refractivity contribution in [2.45, 2.75) is 31.6 Å². The van der Waals surface area contributed by atoms with Crippen molar-refractivity contribution in [1.82, 2.24) is 0 Å². The molecule has 0 spiro atoms. The summed E-state index contributed by atoms with van der Waals surface area (Å²) in [6.07, 6.45) is 1.60. The fraction of sp³-hybridized carbons (Fsp3) is 0.417. The van der Waals surface area contributed by atoms with Gasteiger partial charge in [0.2, 0.25) is 13.6 Å². The number of esters is 1. The number of hydrogen-bond donors (Lipinski definition) is 1. The molecule has 2 fully saturated rings. The van der Waals surface area contributed by atoms with Crippen molar-refractivity contribution in [2.75, 3.05) is 20.2 Å². The van der Waals surface area contributed by atoms with Crippen LogP contribution in [0.25, 0.3) is 0 Å². The number of fused-ring (bicyclic) bond motifs is 2. The van der Waals surface area contributed by atoms with Crippen molar-refractivity contribution in [1.29, 1.82) is 0 Å². The van der Waals surface area contributed by atoms with E-state index < -0.39 is 5.97 Å². The van der Waals surface area contributed by atoms with Gasteiger partial charge in [0.1, 0.15) is 0 Å². The van der Waals surface area contributed by atoms with E-state index >= 15 is 0 Å². The van der Waals surface area contributed by atoms with Crippen LogP contribution in [0.15, 0.2) is 36.4 Å². The molecule has 0 amide bonds. The molecule has 168 valence electrons. The third-order valence-electron chi connectivity index (χ3n) is 6.14. The van der Waals surface area contributed by atoms with Gasteiger partial charge in [0, 0.05) is 0 Å². The molecule has 2 heterocycles. The average Bonchev–Trinajstić information content (AvgIpc) is 3.67. The Bertz CT molecular complexity index is 1050. The van der Waals surface area contributed by atoms with Crippen LogP contribution in [0, 0.1) is 11.8 Å². The Labute approximate surface area is 185 Å². The fourth-order valence-corrected chi connectivity index (χ4v) is 4.20. The Kier molecular flexibility index (Phi) is 5.28. The fourth-order valence-electron chi connectivity index (χ4n) is 4.20. The molecule has 6 rings (SSSR count). The second kappa shape index (κ2) is 8.26. The Morgan fingerprint density at radius 1 is 0.844 bits per heavy atom. The van der Waals surface area contributed by atoms with Gasteiger partial charge in [0.05, 0.1) is 18.4 Å². The van der Waals surface area contributed by atoms with Crippen LogP contribution in [-0.2, 0) is 14.3 Å². The summed E-state index contributed by atoms with van der Waals surface area (Å²) in [7, 11) is 0. The van der Waals surface area contributed by atoms with E-state index in [9.17, 15) is 9.59 Å². The van der Waals surface area contributed by atoms with Crippen LogP contribution in [0.3, 0.4) is 0 Å². The highest BCUT2D eigenvalue weighted by molar-refractivity contribution is 5.77. The molecule has 32 heavy (non-hydrogen) atoms. The SMILES string of the molecule is CCOC(=O)[C@@H]1C[C@H]1c1ccc2c(c1)OCO2.O=C(O)[C@@H]1C[C@H]1c1ccc2c(c1)OCO2. The molecule has 4 atom stereocenters. The van der Waals surface area contributed by atoms with Gasteiger partial charge in [-0.15, -0.1) is 0 Å². The van der Waals surface area contributed by atoms with Gasteiger partial charge in [-0.3, -0.25) is 9.59 Å². The maximum atomic E-state index is 11.5. The summed E-state index contributed by atoms with van der Waals surface area (Å²) < 4.78 is 26.0. The van der Waals surface area contributed by atoms with Crippen LogP contribution in [0.5, 0.6) is 23.0 Å². The molecule has 2 aromatic rings. The standard InChI is InChI=1S/C13H14O4.C11H10O4/c1-2-15-13(14)10-6-9(10)8-3-4-11-12(5-8)17-7-16-11;12-11(13)8-4-7(8)6-1-2-9-10(3-6)15-5-14-9/h3-5,9-10H,2,6-7H2,1H3;1-3,7-8H,4-5H2,(H,12,13)/t9-,10+;7-,8+/m00/s1. The second-order valence-electron chi connectivity index (χ2n) is 8.21. The second-order valence-corrected chi connectivity index (χ2v) is 8.21. The van der Waals surface area contributed by atoms with E-state index in [2.05, 4.69) is 0 Å². The highest BCUT2D eigenvalue weighted by Crippen LogP contribution is 2.50. The van der Waals surface area contributed by atoms with E-state index in [1.807, 2.05) is 43.3 Å². The minimum absolute atomic E-state index is 0.0234. The van der Waals surface area contributed by atoms with Crippen molar-refractivity contribution in [3.63, 3.8) is 0 Å². The molecule has 0 radical (unpaired) electrons. The number of carboxylic acid groups (broad SMARTS) is 1. The summed E-state index contributed by atoms with van der Waals surface area (Å²) in [4.78, 5) is 22.3. The van der Waals surface area contributed by atoms with E-state index in [-0.39, 0.29) is 43.2 Å². The lowest BCUT2D eigenvalue weighted by atomic mass is 10.1. The third kappa shape index (κ3) is 4.04. The van der Waals surface area contributed by atoms with Gasteiger partial charge >= 0.3 is 11.9 Å². The number of carbonyl (C=O) groups is 2. The Balaban J connectivity index is 0.000000136. The van der Waals surface area contributed by atoms with Gasteiger partial charge in [-0.1, -0.05) is 12.1 Å². The maximum absolute atomic E-state index is 11.5. The Hall–Kier alpha value is -3.42. The molecule has 4 aliphatic rings. The minimum Gasteiger partial charge on any atom is -0.481 e. The van der Waals surface area contributed by atoms with Gasteiger partial charge in [-0.25, -0.2) is 0 Å². The molecular formula is C24H24O8. The molecule has 2 aromatic carbocycles. The highest BCUT2D eigenvalue weighted by Gasteiger charge is 2.46. The number of aliphatic carboxylic acids is 1. The molecule has 1 N–H and O–H groups in total. The lowest BCUT2D eigenvalue weighted by Crippen LogP contribution is -2.07. The quantitative estimate of drug-likeness (QED) is 0.703. The number of carbonyl (C=O) groups excluding carboxylic acids is 1. The van der Waals surface area contributed by atoms with Crippen LogP contribution in [0.1, 0.15) is 42.7 Å². The first-order chi connectivity index (χ1) is 15.5. The predicted molar refractivity (Wildman–Crippen MR) is 111 cm³/mol. The zero-order valence-corrected chi connectivity index (χ0v) is 17.6. The summed E-state index contributed by atoms with van der Waals surface area (Å²) in [5.74, 6) is 2.46. The summed E-state index contributed by atoms with van der Waals surface area (Å²) >= 11 is 0. The first-order valence-electron chi connectivity index (χ1n) is 10.7. The zero-order chi connectivity index (χ0) is 22.2. The van der Waals surface area contributed by atoms with E-state index in [1.165, 1.54) is 0 Å². The minimum atomic E-state index is -0.710. The van der Waals surface area contributed by atoms with Gasteiger partial charge in [-0.05, 0) is 67.0 Å². The summed E-state index contributed by atoms with van der Waals surface area (Å²) in [5, 5.41) is 8.82. The molecule has 2 aliphatic carbocycles. The van der Waals surface area contributed by atoms with Gasteiger partial charge in [0.25, 0.3) is 0 Å². The van der Waals surface area contributed by atoms with Crippen LogP contribution in [0.4, 0.5) is 0 Å². The number of hydrogen-bond acceptors (Lipinski definition) is 7. The molecule has 8 heteroatoms. The Morgan fingerprint density at radius 2 is 1.34 bits per heavy atom. The van der Waals surface area contributed by atoms with Gasteiger partial charge in [-0.2, -0.15) is 0 Å². The smallest absolute Gasteiger partial charge is 0.309 e. The van der Waals surface area contributed by atoms with Crippen molar-refractivity contribution < 1.29 is 38.4 Å². The maximum Gasteiger partial charge on any atom is 0.309 e. The number of benzene rings is 2. The van der Waals surface area contributed by atoms with Crippen molar-refractivity contribution in [3.8, 4) is 23.0 Å².